The van der Waals surface area contributed by atoms with Crippen molar-refractivity contribution in [1.29, 1.82) is 0 Å². The molecular formula is C13H15F2N3. The highest BCUT2D eigenvalue weighted by Gasteiger charge is 2.07. The Hall–Kier alpha value is -1.91. The highest BCUT2D eigenvalue weighted by atomic mass is 19.1. The van der Waals surface area contributed by atoms with E-state index in [1.807, 2.05) is 18.4 Å². The average Bonchev–Trinajstić information content (AvgIpc) is 2.76. The summed E-state index contributed by atoms with van der Waals surface area (Å²) in [5.74, 6) is -1.17. The lowest BCUT2D eigenvalue weighted by molar-refractivity contribution is 0.574. The molecule has 2 rings (SSSR count). The van der Waals surface area contributed by atoms with E-state index < -0.39 is 11.6 Å². The Morgan fingerprint density at radius 1 is 1.33 bits per heavy atom. The van der Waals surface area contributed by atoms with E-state index in [0.29, 0.717) is 12.6 Å². The van der Waals surface area contributed by atoms with Crippen LogP contribution < -0.4 is 5.32 Å². The Labute approximate surface area is 104 Å². The van der Waals surface area contributed by atoms with Crippen LogP contribution in [0.4, 0.5) is 14.5 Å². The molecule has 0 atom stereocenters. The van der Waals surface area contributed by atoms with Gasteiger partial charge in [0.1, 0.15) is 11.6 Å². The summed E-state index contributed by atoms with van der Waals surface area (Å²) in [6.07, 6.45) is 3.47. The molecule has 0 saturated carbocycles. The molecule has 0 radical (unpaired) electrons. The zero-order valence-corrected chi connectivity index (χ0v) is 10.3. The topological polar surface area (TPSA) is 29.9 Å². The highest BCUT2D eigenvalue weighted by Crippen LogP contribution is 2.17. The molecule has 0 aliphatic carbocycles. The van der Waals surface area contributed by atoms with Crippen molar-refractivity contribution in [1.82, 2.24) is 9.55 Å². The maximum absolute atomic E-state index is 13.4. The second-order valence-corrected chi connectivity index (χ2v) is 4.36. The van der Waals surface area contributed by atoms with Crippen LogP contribution >= 0.6 is 0 Å². The Morgan fingerprint density at radius 3 is 2.78 bits per heavy atom. The number of nitrogens with zero attached hydrogens (tertiary/aromatic N) is 2. The fraction of sp³-hybridized carbons (Fsp3) is 0.308. The van der Waals surface area contributed by atoms with Crippen molar-refractivity contribution in [2.24, 2.45) is 0 Å². The first-order chi connectivity index (χ1) is 8.58. The van der Waals surface area contributed by atoms with Crippen LogP contribution in [-0.4, -0.2) is 9.55 Å². The second-order valence-electron chi connectivity index (χ2n) is 4.36. The Morgan fingerprint density at radius 2 is 2.11 bits per heavy atom. The third kappa shape index (κ3) is 2.67. The number of anilines is 1. The van der Waals surface area contributed by atoms with Crippen molar-refractivity contribution in [2.45, 2.75) is 26.4 Å². The first-order valence-electron chi connectivity index (χ1n) is 5.77. The minimum absolute atomic E-state index is 0.285. The van der Waals surface area contributed by atoms with E-state index >= 15 is 0 Å². The van der Waals surface area contributed by atoms with Crippen molar-refractivity contribution in [3.8, 4) is 0 Å². The summed E-state index contributed by atoms with van der Waals surface area (Å²) in [4.78, 5) is 4.06. The molecule has 96 valence electrons. The summed E-state index contributed by atoms with van der Waals surface area (Å²) in [5, 5.41) is 2.94. The summed E-state index contributed by atoms with van der Waals surface area (Å²) in [6, 6.07) is 3.77. The summed E-state index contributed by atoms with van der Waals surface area (Å²) in [7, 11) is 0. The van der Waals surface area contributed by atoms with E-state index in [-0.39, 0.29) is 5.69 Å². The van der Waals surface area contributed by atoms with Crippen LogP contribution in [0.25, 0.3) is 0 Å². The number of rotatable bonds is 4. The van der Waals surface area contributed by atoms with Crippen LogP contribution in [0.15, 0.2) is 30.7 Å². The number of halogens is 2. The molecule has 0 aliphatic heterocycles. The van der Waals surface area contributed by atoms with Gasteiger partial charge in [-0.05, 0) is 26.0 Å². The first-order valence-corrected chi connectivity index (χ1v) is 5.77. The van der Waals surface area contributed by atoms with Crippen LogP contribution in [-0.2, 0) is 6.54 Å². The number of hydrogen-bond donors (Lipinski definition) is 1. The van der Waals surface area contributed by atoms with Gasteiger partial charge in [0.2, 0.25) is 0 Å². The molecule has 0 aliphatic rings. The van der Waals surface area contributed by atoms with Crippen LogP contribution in [0.2, 0.25) is 0 Å². The third-order valence-corrected chi connectivity index (χ3v) is 2.69. The van der Waals surface area contributed by atoms with Gasteiger partial charge in [-0.3, -0.25) is 0 Å². The Balaban J connectivity index is 2.09. The van der Waals surface area contributed by atoms with Gasteiger partial charge in [-0.1, -0.05) is 0 Å². The summed E-state index contributed by atoms with van der Waals surface area (Å²) in [5.41, 5.74) is 1.24. The standard InChI is InChI=1S/C13H15F2N3/c1-9(2)18-8-16-6-11(18)7-17-13-4-3-10(14)5-12(13)15/h3-6,8-9,17H,7H2,1-2H3. The normalized spacial score (nSPS) is 10.9. The van der Waals surface area contributed by atoms with Gasteiger partial charge in [0, 0.05) is 18.3 Å². The maximum atomic E-state index is 13.4. The molecule has 1 heterocycles. The number of hydrogen-bond acceptors (Lipinski definition) is 2. The van der Waals surface area contributed by atoms with Gasteiger partial charge in [-0.2, -0.15) is 0 Å². The molecule has 0 spiro atoms. The summed E-state index contributed by atoms with van der Waals surface area (Å²) in [6.45, 7) is 4.54. The Bertz CT molecular complexity index is 535. The van der Waals surface area contributed by atoms with Crippen LogP contribution in [0.3, 0.4) is 0 Å². The molecular weight excluding hydrogens is 236 g/mol. The molecule has 1 aromatic heterocycles. The predicted octanol–water partition coefficient (Wildman–Crippen LogP) is 3.35. The van der Waals surface area contributed by atoms with Gasteiger partial charge in [0.25, 0.3) is 0 Å². The zero-order valence-electron chi connectivity index (χ0n) is 10.3. The van der Waals surface area contributed by atoms with E-state index in [2.05, 4.69) is 10.3 Å². The molecule has 0 unspecified atom stereocenters. The van der Waals surface area contributed by atoms with Gasteiger partial charge in [0.15, 0.2) is 0 Å². The SMILES string of the molecule is CC(C)n1cncc1CNc1ccc(F)cc1F. The zero-order chi connectivity index (χ0) is 13.1. The molecule has 0 fully saturated rings. The largest absolute Gasteiger partial charge is 0.377 e. The molecule has 5 heteroatoms. The average molecular weight is 251 g/mol. The predicted molar refractivity (Wildman–Crippen MR) is 66.3 cm³/mol. The van der Waals surface area contributed by atoms with Crippen molar-refractivity contribution in [3.05, 3.63) is 48.1 Å². The quantitative estimate of drug-likeness (QED) is 0.903. The monoisotopic (exact) mass is 251 g/mol. The van der Waals surface area contributed by atoms with Gasteiger partial charge in [0.05, 0.1) is 24.3 Å². The van der Waals surface area contributed by atoms with Gasteiger partial charge in [-0.15, -0.1) is 0 Å². The maximum Gasteiger partial charge on any atom is 0.149 e. The first kappa shape index (κ1) is 12.5. The van der Waals surface area contributed by atoms with Gasteiger partial charge < -0.3 is 9.88 Å². The minimum atomic E-state index is -0.592. The molecule has 0 saturated heterocycles. The number of imidazole rings is 1. The fourth-order valence-corrected chi connectivity index (χ4v) is 1.75. The molecule has 1 aromatic carbocycles. The Kier molecular flexibility index (Phi) is 3.60. The summed E-state index contributed by atoms with van der Waals surface area (Å²) >= 11 is 0. The number of nitrogens with one attached hydrogen (secondary N) is 1. The van der Waals surface area contributed by atoms with E-state index in [1.54, 1.807) is 12.5 Å². The van der Waals surface area contributed by atoms with Crippen molar-refractivity contribution < 1.29 is 8.78 Å². The second kappa shape index (κ2) is 5.16. The van der Waals surface area contributed by atoms with Crippen LogP contribution in [0, 0.1) is 11.6 Å². The van der Waals surface area contributed by atoms with Crippen molar-refractivity contribution in [2.75, 3.05) is 5.32 Å². The fourth-order valence-electron chi connectivity index (χ4n) is 1.75. The minimum Gasteiger partial charge on any atom is -0.377 e. The lowest BCUT2D eigenvalue weighted by Gasteiger charge is -2.13. The molecule has 2 aromatic rings. The molecule has 3 nitrogen and oxygen atoms in total. The lowest BCUT2D eigenvalue weighted by Crippen LogP contribution is -2.09. The highest BCUT2D eigenvalue weighted by molar-refractivity contribution is 5.44. The molecule has 0 amide bonds. The van der Waals surface area contributed by atoms with E-state index in [9.17, 15) is 8.78 Å². The van der Waals surface area contributed by atoms with E-state index in [0.717, 1.165) is 11.8 Å². The molecule has 0 bridgehead atoms. The van der Waals surface area contributed by atoms with Crippen molar-refractivity contribution >= 4 is 5.69 Å². The van der Waals surface area contributed by atoms with Crippen LogP contribution in [0.5, 0.6) is 0 Å². The van der Waals surface area contributed by atoms with Gasteiger partial charge in [-0.25, -0.2) is 13.8 Å². The van der Waals surface area contributed by atoms with E-state index in [1.165, 1.54) is 12.1 Å². The number of benzene rings is 1. The van der Waals surface area contributed by atoms with Gasteiger partial charge >= 0.3 is 0 Å². The third-order valence-electron chi connectivity index (χ3n) is 2.69. The van der Waals surface area contributed by atoms with Crippen molar-refractivity contribution in [3.63, 3.8) is 0 Å². The summed E-state index contributed by atoms with van der Waals surface area (Å²) < 4.78 is 28.2. The molecule has 1 N–H and O–H groups in total. The smallest absolute Gasteiger partial charge is 0.149 e. The van der Waals surface area contributed by atoms with E-state index in [4.69, 9.17) is 0 Å². The lowest BCUT2D eigenvalue weighted by atomic mass is 10.3. The van der Waals surface area contributed by atoms with Crippen LogP contribution in [0.1, 0.15) is 25.6 Å². The molecule has 18 heavy (non-hydrogen) atoms. The number of aromatic nitrogens is 2.